The summed E-state index contributed by atoms with van der Waals surface area (Å²) in [4.78, 5) is 10.3. The SMILES string of the molecule is O=S(=O)(C1CCCN(c2ncc(Cl)cn2)C1)N1CCOCC1. The van der Waals surface area contributed by atoms with E-state index in [1.165, 1.54) is 12.4 Å². The molecule has 0 spiro atoms. The predicted octanol–water partition coefficient (Wildman–Crippen LogP) is 0.761. The Balaban J connectivity index is 1.73. The molecule has 1 atom stereocenters. The third-order valence-electron chi connectivity index (χ3n) is 4.02. The monoisotopic (exact) mass is 346 g/mol. The highest BCUT2D eigenvalue weighted by Crippen LogP contribution is 2.23. The van der Waals surface area contributed by atoms with Crippen molar-refractivity contribution >= 4 is 27.6 Å². The maximum absolute atomic E-state index is 12.8. The second-order valence-electron chi connectivity index (χ2n) is 5.47. The molecule has 0 N–H and O–H groups in total. The molecule has 2 saturated heterocycles. The summed E-state index contributed by atoms with van der Waals surface area (Å²) in [5.41, 5.74) is 0. The zero-order valence-electron chi connectivity index (χ0n) is 12.2. The molecule has 3 rings (SSSR count). The molecule has 0 aliphatic carbocycles. The van der Waals surface area contributed by atoms with Gasteiger partial charge in [0.15, 0.2) is 0 Å². The summed E-state index contributed by atoms with van der Waals surface area (Å²) in [5, 5.41) is 0.0527. The average molecular weight is 347 g/mol. The molecule has 1 aromatic heterocycles. The normalized spacial score (nSPS) is 24.4. The molecule has 0 amide bonds. The van der Waals surface area contributed by atoms with Crippen molar-refractivity contribution in [3.05, 3.63) is 17.4 Å². The van der Waals surface area contributed by atoms with Crippen LogP contribution in [-0.4, -0.2) is 67.3 Å². The predicted molar refractivity (Wildman–Crippen MR) is 83.6 cm³/mol. The van der Waals surface area contributed by atoms with E-state index < -0.39 is 15.3 Å². The summed E-state index contributed by atoms with van der Waals surface area (Å²) in [6.45, 7) is 3.00. The first-order valence-electron chi connectivity index (χ1n) is 7.36. The maximum Gasteiger partial charge on any atom is 0.225 e. The van der Waals surface area contributed by atoms with Gasteiger partial charge in [0.2, 0.25) is 16.0 Å². The van der Waals surface area contributed by atoms with Crippen molar-refractivity contribution in [2.75, 3.05) is 44.3 Å². The van der Waals surface area contributed by atoms with Crippen molar-refractivity contribution in [1.29, 1.82) is 0 Å². The summed E-state index contributed by atoms with van der Waals surface area (Å²) < 4.78 is 32.3. The highest BCUT2D eigenvalue weighted by molar-refractivity contribution is 7.89. The molecule has 0 radical (unpaired) electrons. The molecule has 2 fully saturated rings. The van der Waals surface area contributed by atoms with E-state index in [0.717, 1.165) is 13.0 Å². The fourth-order valence-electron chi connectivity index (χ4n) is 2.84. The van der Waals surface area contributed by atoms with Crippen molar-refractivity contribution < 1.29 is 13.2 Å². The van der Waals surface area contributed by atoms with Crippen molar-refractivity contribution in [2.24, 2.45) is 0 Å². The van der Waals surface area contributed by atoms with E-state index in [0.29, 0.717) is 50.2 Å². The van der Waals surface area contributed by atoms with Crippen LogP contribution >= 0.6 is 11.6 Å². The number of hydrogen-bond donors (Lipinski definition) is 0. The molecule has 1 aromatic rings. The van der Waals surface area contributed by atoms with Crippen molar-refractivity contribution in [3.8, 4) is 0 Å². The van der Waals surface area contributed by atoms with E-state index in [9.17, 15) is 8.42 Å². The van der Waals surface area contributed by atoms with Crippen LogP contribution in [0.5, 0.6) is 0 Å². The van der Waals surface area contributed by atoms with Gasteiger partial charge in [-0.15, -0.1) is 0 Å². The van der Waals surface area contributed by atoms with Crippen molar-refractivity contribution in [3.63, 3.8) is 0 Å². The Morgan fingerprint density at radius 2 is 1.86 bits per heavy atom. The smallest absolute Gasteiger partial charge is 0.225 e. The largest absolute Gasteiger partial charge is 0.379 e. The zero-order valence-corrected chi connectivity index (χ0v) is 13.8. The highest BCUT2D eigenvalue weighted by atomic mass is 35.5. The van der Waals surface area contributed by atoms with E-state index in [2.05, 4.69) is 9.97 Å². The first-order chi connectivity index (χ1) is 10.6. The molecule has 122 valence electrons. The fraction of sp³-hybridized carbons (Fsp3) is 0.692. The number of ether oxygens (including phenoxy) is 1. The number of sulfonamides is 1. The Kier molecular flexibility index (Phi) is 4.82. The molecule has 0 bridgehead atoms. The molecule has 1 unspecified atom stereocenters. The van der Waals surface area contributed by atoms with Gasteiger partial charge in [-0.2, -0.15) is 4.31 Å². The zero-order chi connectivity index (χ0) is 15.6. The summed E-state index contributed by atoms with van der Waals surface area (Å²) >= 11 is 5.80. The Bertz CT molecular complexity index is 604. The lowest BCUT2D eigenvalue weighted by molar-refractivity contribution is 0.0725. The molecule has 22 heavy (non-hydrogen) atoms. The van der Waals surface area contributed by atoms with E-state index in [1.54, 1.807) is 4.31 Å². The first-order valence-corrected chi connectivity index (χ1v) is 9.25. The second kappa shape index (κ2) is 6.66. The minimum Gasteiger partial charge on any atom is -0.379 e. The second-order valence-corrected chi connectivity index (χ2v) is 8.12. The van der Waals surface area contributed by atoms with Gasteiger partial charge in [0, 0.05) is 26.2 Å². The van der Waals surface area contributed by atoms with Gasteiger partial charge in [0.05, 0.1) is 35.9 Å². The van der Waals surface area contributed by atoms with Crippen LogP contribution in [0.15, 0.2) is 12.4 Å². The van der Waals surface area contributed by atoms with Gasteiger partial charge in [-0.3, -0.25) is 0 Å². The third kappa shape index (κ3) is 3.34. The standard InChI is InChI=1S/C13H19ClN4O3S/c14-11-8-15-13(16-9-11)17-3-1-2-12(10-17)22(19,20)18-4-6-21-7-5-18/h8-9,12H,1-7,10H2. The molecule has 2 aliphatic rings. The van der Waals surface area contributed by atoms with Crippen molar-refractivity contribution in [2.45, 2.75) is 18.1 Å². The van der Waals surface area contributed by atoms with Gasteiger partial charge in [-0.25, -0.2) is 18.4 Å². The quantitative estimate of drug-likeness (QED) is 0.804. The van der Waals surface area contributed by atoms with Gasteiger partial charge in [-0.05, 0) is 12.8 Å². The fourth-order valence-corrected chi connectivity index (χ4v) is 4.85. The van der Waals surface area contributed by atoms with Crippen LogP contribution in [0, 0.1) is 0 Å². The molecule has 9 heteroatoms. The van der Waals surface area contributed by atoms with Gasteiger partial charge in [-0.1, -0.05) is 11.6 Å². The van der Waals surface area contributed by atoms with Gasteiger partial charge in [0.25, 0.3) is 0 Å². The number of morpholine rings is 1. The number of halogens is 1. The van der Waals surface area contributed by atoms with E-state index in [4.69, 9.17) is 16.3 Å². The maximum atomic E-state index is 12.8. The van der Waals surface area contributed by atoms with E-state index in [-0.39, 0.29) is 0 Å². The minimum absolute atomic E-state index is 0.418. The summed E-state index contributed by atoms with van der Waals surface area (Å²) in [5.74, 6) is 0.534. The van der Waals surface area contributed by atoms with E-state index >= 15 is 0 Å². The van der Waals surface area contributed by atoms with Crippen LogP contribution in [0.3, 0.4) is 0 Å². The van der Waals surface area contributed by atoms with Crippen LogP contribution in [0.2, 0.25) is 5.02 Å². The highest BCUT2D eigenvalue weighted by Gasteiger charge is 2.36. The number of rotatable bonds is 3. The molecular weight excluding hydrogens is 328 g/mol. The Labute approximate surface area is 135 Å². The number of hydrogen-bond acceptors (Lipinski definition) is 6. The molecule has 2 aliphatic heterocycles. The molecule has 7 nitrogen and oxygen atoms in total. The third-order valence-corrected chi connectivity index (χ3v) is 6.53. The first kappa shape index (κ1) is 15.9. The Hall–Kier alpha value is -0.960. The summed E-state index contributed by atoms with van der Waals surface area (Å²) in [6, 6.07) is 0. The lowest BCUT2D eigenvalue weighted by atomic mass is 10.1. The Morgan fingerprint density at radius 1 is 1.18 bits per heavy atom. The molecule has 0 saturated carbocycles. The van der Waals surface area contributed by atoms with Gasteiger partial charge >= 0.3 is 0 Å². The molecular formula is C13H19ClN4O3S. The van der Waals surface area contributed by atoms with Crippen LogP contribution in [-0.2, 0) is 14.8 Å². The number of nitrogens with zero attached hydrogens (tertiary/aromatic N) is 4. The van der Waals surface area contributed by atoms with Crippen LogP contribution in [0.4, 0.5) is 5.95 Å². The summed E-state index contributed by atoms with van der Waals surface area (Å²) in [6.07, 6.45) is 4.54. The number of aromatic nitrogens is 2. The van der Waals surface area contributed by atoms with Gasteiger partial charge in [0.1, 0.15) is 0 Å². The lowest BCUT2D eigenvalue weighted by Crippen LogP contribution is -2.51. The number of piperidine rings is 1. The minimum atomic E-state index is -3.30. The van der Waals surface area contributed by atoms with Crippen LogP contribution < -0.4 is 4.90 Å². The Morgan fingerprint density at radius 3 is 2.55 bits per heavy atom. The molecule has 0 aromatic carbocycles. The van der Waals surface area contributed by atoms with Gasteiger partial charge < -0.3 is 9.64 Å². The number of anilines is 1. The van der Waals surface area contributed by atoms with E-state index in [1.807, 2.05) is 4.90 Å². The molecule has 3 heterocycles. The topological polar surface area (TPSA) is 75.6 Å². The lowest BCUT2D eigenvalue weighted by Gasteiger charge is -2.36. The van der Waals surface area contributed by atoms with Crippen LogP contribution in [0.25, 0.3) is 0 Å². The average Bonchev–Trinajstić information content (AvgIpc) is 2.56. The van der Waals surface area contributed by atoms with Crippen molar-refractivity contribution in [1.82, 2.24) is 14.3 Å². The summed E-state index contributed by atoms with van der Waals surface area (Å²) in [7, 11) is -3.30. The van der Waals surface area contributed by atoms with Crippen LogP contribution in [0.1, 0.15) is 12.8 Å².